The van der Waals surface area contributed by atoms with Crippen molar-refractivity contribution < 1.29 is 4.79 Å². The number of carbonyl (C=O) groups is 1. The molecule has 30 heavy (non-hydrogen) atoms. The molecule has 0 fully saturated rings. The van der Waals surface area contributed by atoms with E-state index >= 15 is 0 Å². The van der Waals surface area contributed by atoms with Gasteiger partial charge < -0.3 is 0 Å². The van der Waals surface area contributed by atoms with Crippen LogP contribution in [0.4, 0.5) is 5.69 Å². The van der Waals surface area contributed by atoms with Gasteiger partial charge >= 0.3 is 0 Å². The molecule has 1 N–H and O–H groups in total. The number of aromatic nitrogens is 2. The van der Waals surface area contributed by atoms with Crippen LogP contribution in [0.25, 0.3) is 11.8 Å². The summed E-state index contributed by atoms with van der Waals surface area (Å²) in [5.74, 6) is -0.284. The third-order valence-corrected chi connectivity index (χ3v) is 5.38. The summed E-state index contributed by atoms with van der Waals surface area (Å²) in [5.41, 5.74) is 5.35. The molecule has 1 aliphatic rings. The maximum atomic E-state index is 13.1. The Balaban J connectivity index is 1.74. The maximum Gasteiger partial charge on any atom is 0.280 e. The number of halogens is 1. The number of aryl methyl sites for hydroxylation is 3. The van der Waals surface area contributed by atoms with Gasteiger partial charge in [-0.15, -0.1) is 0 Å². The summed E-state index contributed by atoms with van der Waals surface area (Å²) >= 11 is 5.94. The molecule has 3 aromatic rings. The first-order valence-corrected chi connectivity index (χ1v) is 9.90. The molecule has 0 radical (unpaired) electrons. The van der Waals surface area contributed by atoms with Crippen LogP contribution >= 0.6 is 11.6 Å². The molecule has 0 bridgehead atoms. The van der Waals surface area contributed by atoms with E-state index in [1.807, 2.05) is 39.0 Å². The number of nitrogens with one attached hydrogen (secondary N) is 1. The highest BCUT2D eigenvalue weighted by atomic mass is 35.5. The Morgan fingerprint density at radius 1 is 1.00 bits per heavy atom. The van der Waals surface area contributed by atoms with Crippen LogP contribution < -0.4 is 10.6 Å². The van der Waals surface area contributed by atoms with E-state index < -0.39 is 0 Å². The molecule has 0 saturated heterocycles. The topological polar surface area (TPSA) is 70.5 Å². The van der Waals surface area contributed by atoms with Crippen molar-refractivity contribution >= 4 is 35.0 Å². The van der Waals surface area contributed by atoms with E-state index in [4.69, 9.17) is 11.6 Å². The maximum absolute atomic E-state index is 13.1. The zero-order valence-electron chi connectivity index (χ0n) is 17.2. The molecule has 152 valence electrons. The first kappa shape index (κ1) is 19.9. The Hall–Kier alpha value is -3.38. The Morgan fingerprint density at radius 3 is 2.37 bits per heavy atom. The number of nitrogens with zero attached hydrogens (tertiary/aromatic N) is 3. The van der Waals surface area contributed by atoms with Crippen LogP contribution in [0.3, 0.4) is 0 Å². The van der Waals surface area contributed by atoms with Gasteiger partial charge in [0.05, 0.1) is 28.2 Å². The largest absolute Gasteiger partial charge is 0.295 e. The van der Waals surface area contributed by atoms with Crippen LogP contribution in [0.2, 0.25) is 5.02 Å². The van der Waals surface area contributed by atoms with Gasteiger partial charge in [0.2, 0.25) is 0 Å². The fourth-order valence-corrected chi connectivity index (χ4v) is 3.67. The zero-order chi connectivity index (χ0) is 21.6. The lowest BCUT2D eigenvalue weighted by Crippen LogP contribution is -2.22. The van der Waals surface area contributed by atoms with Gasteiger partial charge in [-0.2, -0.15) is 10.1 Å². The van der Waals surface area contributed by atoms with Crippen molar-refractivity contribution in [2.24, 2.45) is 5.10 Å². The molecule has 1 aliphatic heterocycles. The van der Waals surface area contributed by atoms with E-state index in [1.54, 1.807) is 37.3 Å². The Labute approximate surface area is 179 Å². The molecule has 0 atom stereocenters. The van der Waals surface area contributed by atoms with Crippen molar-refractivity contribution in [1.29, 1.82) is 0 Å². The molecule has 0 spiro atoms. The predicted octanol–water partition coefficient (Wildman–Crippen LogP) is 4.55. The van der Waals surface area contributed by atoms with E-state index in [1.165, 1.54) is 9.69 Å². The van der Waals surface area contributed by atoms with Gasteiger partial charge in [-0.05, 0) is 69.7 Å². The smallest absolute Gasteiger partial charge is 0.280 e. The average molecular weight is 421 g/mol. The van der Waals surface area contributed by atoms with Crippen molar-refractivity contribution in [3.8, 4) is 5.69 Å². The summed E-state index contributed by atoms with van der Waals surface area (Å²) < 4.78 is 1.51. The number of rotatable bonds is 3. The molecule has 0 saturated carbocycles. The Morgan fingerprint density at radius 2 is 1.70 bits per heavy atom. The molecule has 4 rings (SSSR count). The minimum absolute atomic E-state index is 0.211. The van der Waals surface area contributed by atoms with Gasteiger partial charge in [-0.1, -0.05) is 29.3 Å². The second kappa shape index (κ2) is 7.46. The lowest BCUT2D eigenvalue weighted by molar-refractivity contribution is -0.114. The molecule has 0 aliphatic carbocycles. The summed E-state index contributed by atoms with van der Waals surface area (Å²) in [6.07, 6.45) is 1.62. The van der Waals surface area contributed by atoms with Crippen molar-refractivity contribution in [1.82, 2.24) is 9.78 Å². The average Bonchev–Trinajstić information content (AvgIpc) is 3.13. The van der Waals surface area contributed by atoms with E-state index in [-0.39, 0.29) is 11.5 Å². The highest BCUT2D eigenvalue weighted by Crippen LogP contribution is 2.26. The Bertz CT molecular complexity index is 1280. The van der Waals surface area contributed by atoms with Crippen molar-refractivity contribution in [3.05, 3.63) is 85.8 Å². The van der Waals surface area contributed by atoms with Crippen LogP contribution in [0, 0.1) is 20.8 Å². The number of anilines is 1. The molecule has 7 heteroatoms. The SMILES string of the molecule is CC1=NN(c2ccc(Cl)cc2)C(=O)/C1=C\c1c(C)[nH]n(-c2ccc(C)cc2C)c1=O. The van der Waals surface area contributed by atoms with Crippen LogP contribution in [0.15, 0.2) is 57.9 Å². The van der Waals surface area contributed by atoms with E-state index in [9.17, 15) is 9.59 Å². The molecule has 0 unspecified atom stereocenters. The summed E-state index contributed by atoms with van der Waals surface area (Å²) in [5, 5.41) is 9.39. The first-order chi connectivity index (χ1) is 14.3. The highest BCUT2D eigenvalue weighted by Gasteiger charge is 2.29. The van der Waals surface area contributed by atoms with Gasteiger partial charge in [-0.3, -0.25) is 14.7 Å². The third-order valence-electron chi connectivity index (χ3n) is 5.13. The number of amides is 1. The second-order valence-electron chi connectivity index (χ2n) is 7.42. The summed E-state index contributed by atoms with van der Waals surface area (Å²) in [6, 6.07) is 12.8. The third kappa shape index (κ3) is 3.39. The van der Waals surface area contributed by atoms with Gasteiger partial charge in [0.1, 0.15) is 0 Å². The molecular weight excluding hydrogens is 400 g/mol. The quantitative estimate of drug-likeness (QED) is 0.631. The minimum Gasteiger partial charge on any atom is -0.295 e. The van der Waals surface area contributed by atoms with Gasteiger partial charge in [0, 0.05) is 10.7 Å². The van der Waals surface area contributed by atoms with E-state index in [0.717, 1.165) is 16.8 Å². The normalized spacial score (nSPS) is 15.2. The van der Waals surface area contributed by atoms with Crippen molar-refractivity contribution in [2.75, 3.05) is 5.01 Å². The first-order valence-electron chi connectivity index (χ1n) is 9.53. The molecular formula is C23H21ClN4O2. The minimum atomic E-state index is -0.284. The summed E-state index contributed by atoms with van der Waals surface area (Å²) in [4.78, 5) is 26.1. The van der Waals surface area contributed by atoms with Crippen molar-refractivity contribution in [3.63, 3.8) is 0 Å². The van der Waals surface area contributed by atoms with Gasteiger partial charge in [-0.25, -0.2) is 4.68 Å². The monoisotopic (exact) mass is 420 g/mol. The lowest BCUT2D eigenvalue weighted by atomic mass is 10.1. The standard InChI is InChI=1S/C23H21ClN4O2/c1-13-5-10-21(14(2)11-13)28-23(30)20(16(4)26-28)12-19-15(3)25-27(22(19)29)18-8-6-17(24)7-9-18/h5-12,26H,1-4H3/b19-12-. The number of hydrazone groups is 1. The Kier molecular flexibility index (Phi) is 4.95. The number of benzene rings is 2. The highest BCUT2D eigenvalue weighted by molar-refractivity contribution is 6.32. The number of H-pyrrole nitrogens is 1. The number of hydrogen-bond acceptors (Lipinski definition) is 3. The molecule has 1 aromatic heterocycles. The van der Waals surface area contributed by atoms with E-state index in [0.29, 0.717) is 33.3 Å². The number of aromatic amines is 1. The van der Waals surface area contributed by atoms with Crippen LogP contribution in [-0.4, -0.2) is 21.4 Å². The van der Waals surface area contributed by atoms with Gasteiger partial charge in [0.25, 0.3) is 11.5 Å². The fraction of sp³-hybridized carbons (Fsp3) is 0.174. The number of hydrogen-bond donors (Lipinski definition) is 1. The summed E-state index contributed by atoms with van der Waals surface area (Å²) in [7, 11) is 0. The van der Waals surface area contributed by atoms with Crippen LogP contribution in [0.5, 0.6) is 0 Å². The van der Waals surface area contributed by atoms with Crippen LogP contribution in [-0.2, 0) is 4.79 Å². The van der Waals surface area contributed by atoms with Crippen molar-refractivity contribution in [2.45, 2.75) is 27.7 Å². The molecule has 1 amide bonds. The van der Waals surface area contributed by atoms with E-state index in [2.05, 4.69) is 10.2 Å². The molecule has 6 nitrogen and oxygen atoms in total. The lowest BCUT2D eigenvalue weighted by Gasteiger charge is -2.11. The predicted molar refractivity (Wildman–Crippen MR) is 121 cm³/mol. The zero-order valence-corrected chi connectivity index (χ0v) is 17.9. The fourth-order valence-electron chi connectivity index (χ4n) is 3.54. The number of carbonyl (C=O) groups excluding carboxylic acids is 1. The molecule has 2 heterocycles. The van der Waals surface area contributed by atoms with Crippen LogP contribution in [0.1, 0.15) is 29.3 Å². The molecule has 2 aromatic carbocycles. The summed E-state index contributed by atoms with van der Waals surface area (Å²) in [6.45, 7) is 7.54. The second-order valence-corrected chi connectivity index (χ2v) is 7.85. The van der Waals surface area contributed by atoms with Gasteiger partial charge in [0.15, 0.2) is 0 Å².